The van der Waals surface area contributed by atoms with Crippen molar-refractivity contribution in [1.82, 2.24) is 19.4 Å². The fraction of sp³-hybridized carbons (Fsp3) is 0.286. The first-order valence-electron chi connectivity index (χ1n) is 10.9. The van der Waals surface area contributed by atoms with Gasteiger partial charge in [0.25, 0.3) is 5.91 Å². The van der Waals surface area contributed by atoms with E-state index < -0.39 is 42.3 Å². The second-order valence-electron chi connectivity index (χ2n) is 7.52. The van der Waals surface area contributed by atoms with Gasteiger partial charge in [0, 0.05) is 12.1 Å². The molecule has 0 saturated heterocycles. The normalized spacial score (nSPS) is 11.1. The number of carboxylic acids is 3. The zero-order chi connectivity index (χ0) is 34.8. The number of fused-ring (bicyclic) bond motifs is 1. The zero-order valence-electron chi connectivity index (χ0n) is 21.7. The van der Waals surface area contributed by atoms with E-state index in [0.717, 1.165) is 5.69 Å². The summed E-state index contributed by atoms with van der Waals surface area (Å²) in [6.45, 7) is 4.35. The van der Waals surface area contributed by atoms with Crippen LogP contribution in [0.15, 0.2) is 30.6 Å². The molecule has 0 aliphatic heterocycles. The number of alkyl halides is 9. The van der Waals surface area contributed by atoms with E-state index >= 15 is 0 Å². The van der Waals surface area contributed by atoms with Crippen LogP contribution in [-0.4, -0.2) is 83.0 Å². The second-order valence-corrected chi connectivity index (χ2v) is 7.52. The highest BCUT2D eigenvalue weighted by Gasteiger charge is 2.39. The average Bonchev–Trinajstić information content (AvgIpc) is 3.45. The largest absolute Gasteiger partial charge is 0.490 e. The summed E-state index contributed by atoms with van der Waals surface area (Å²) in [5.74, 6) is -9.08. The molecule has 0 atom stereocenters. The number of aliphatic carboxylic acids is 3. The summed E-state index contributed by atoms with van der Waals surface area (Å²) >= 11 is 0. The fourth-order valence-electron chi connectivity index (χ4n) is 2.39. The van der Waals surface area contributed by atoms with Gasteiger partial charge in [0.15, 0.2) is 0 Å². The summed E-state index contributed by atoms with van der Waals surface area (Å²) in [5, 5.41) is 25.6. The maximum absolute atomic E-state index is 12.4. The van der Waals surface area contributed by atoms with Crippen LogP contribution in [0.25, 0.3) is 11.0 Å². The molecule has 0 bridgehead atoms. The van der Waals surface area contributed by atoms with E-state index in [2.05, 4.69) is 15.5 Å². The van der Waals surface area contributed by atoms with E-state index in [0.29, 0.717) is 28.8 Å². The molecule has 0 fully saturated rings. The molecule has 6 N–H and O–H groups in total. The number of nitrogens with two attached hydrogens (primary N) is 1. The van der Waals surface area contributed by atoms with Crippen molar-refractivity contribution in [2.75, 3.05) is 5.43 Å². The molecular formula is C21H19F9N6O8. The minimum Gasteiger partial charge on any atom is -0.475 e. The van der Waals surface area contributed by atoms with E-state index in [-0.39, 0.29) is 5.91 Å². The fourth-order valence-corrected chi connectivity index (χ4v) is 2.39. The van der Waals surface area contributed by atoms with Crippen LogP contribution in [0.4, 0.5) is 39.5 Å². The number of hydrogen-bond acceptors (Lipinski definition) is 7. The lowest BCUT2D eigenvalue weighted by molar-refractivity contribution is -0.193. The Hall–Kier alpha value is -5.38. The molecule has 0 aliphatic rings. The predicted octanol–water partition coefficient (Wildman–Crippen LogP) is 2.94. The third-order valence-electron chi connectivity index (χ3n) is 4.22. The number of nitrogens with zero attached hydrogens (tertiary/aromatic N) is 4. The number of primary amides is 1. The lowest BCUT2D eigenvalue weighted by Gasteiger charge is -2.08. The Bertz CT molecular complexity index is 1440. The zero-order valence-corrected chi connectivity index (χ0v) is 21.7. The summed E-state index contributed by atoms with van der Waals surface area (Å²) in [5.41, 5.74) is 10.9. The first kappa shape index (κ1) is 38.6. The van der Waals surface area contributed by atoms with Crippen LogP contribution in [0.2, 0.25) is 0 Å². The van der Waals surface area contributed by atoms with E-state index in [1.807, 2.05) is 13.8 Å². The number of aromatic nitrogens is 4. The van der Waals surface area contributed by atoms with Crippen molar-refractivity contribution in [2.24, 2.45) is 5.73 Å². The molecule has 2 heterocycles. The first-order valence-corrected chi connectivity index (χ1v) is 10.9. The van der Waals surface area contributed by atoms with Gasteiger partial charge in [-0.25, -0.2) is 24.0 Å². The van der Waals surface area contributed by atoms with Gasteiger partial charge in [-0.2, -0.15) is 44.6 Å². The molecule has 0 unspecified atom stereocenters. The SMILES string of the molecule is CCn1nc(C)cc1C(=O)Nn1cnc2cc(C(N)=O)ccc21.O=C(O)C(F)(F)F.O=C(O)C(F)(F)F.O=C(O)C(F)(F)F. The number of amides is 2. The molecule has 1 aromatic carbocycles. The first-order chi connectivity index (χ1) is 19.8. The highest BCUT2D eigenvalue weighted by molar-refractivity contribution is 6.00. The Morgan fingerprint density at radius 3 is 1.64 bits per heavy atom. The number of aryl methyl sites for hydroxylation is 2. The molecule has 44 heavy (non-hydrogen) atoms. The molecule has 0 spiro atoms. The van der Waals surface area contributed by atoms with Gasteiger partial charge < -0.3 is 21.1 Å². The Labute approximate surface area is 237 Å². The van der Waals surface area contributed by atoms with Gasteiger partial charge in [-0.15, -0.1) is 0 Å². The summed E-state index contributed by atoms with van der Waals surface area (Å²) in [7, 11) is 0. The molecule has 244 valence electrons. The summed E-state index contributed by atoms with van der Waals surface area (Å²) in [6, 6.07) is 6.59. The van der Waals surface area contributed by atoms with Crippen LogP contribution in [-0.2, 0) is 20.9 Å². The maximum Gasteiger partial charge on any atom is 0.490 e. The van der Waals surface area contributed by atoms with Crippen LogP contribution in [0.1, 0.15) is 33.5 Å². The van der Waals surface area contributed by atoms with E-state index in [1.165, 1.54) is 11.0 Å². The number of imidazole rings is 1. The minimum atomic E-state index is -5.08. The molecule has 23 heteroatoms. The number of carboxylic acid groups (broad SMARTS) is 3. The molecule has 3 aromatic rings. The van der Waals surface area contributed by atoms with Gasteiger partial charge in [-0.3, -0.25) is 19.7 Å². The van der Waals surface area contributed by atoms with Crippen molar-refractivity contribution >= 4 is 40.8 Å². The van der Waals surface area contributed by atoms with Crippen LogP contribution in [0.5, 0.6) is 0 Å². The predicted molar refractivity (Wildman–Crippen MR) is 126 cm³/mol. The monoisotopic (exact) mass is 654 g/mol. The standard InChI is InChI=1S/C15H16N6O2.3C2HF3O2/c1-3-20-13(6-9(2)18-20)15(23)19-21-8-17-11-7-10(14(16)22)4-5-12(11)21;3*3-2(4,5)1(6)7/h4-8H,3H2,1-2H3,(H2,16,22)(H,19,23);3*(H,6,7). The number of hydrogen-bond donors (Lipinski definition) is 5. The van der Waals surface area contributed by atoms with Crippen molar-refractivity contribution in [3.63, 3.8) is 0 Å². The summed E-state index contributed by atoms with van der Waals surface area (Å²) in [6.07, 6.45) is -13.8. The number of halogens is 9. The van der Waals surface area contributed by atoms with Crippen LogP contribution in [0.3, 0.4) is 0 Å². The van der Waals surface area contributed by atoms with Crippen LogP contribution in [0, 0.1) is 6.92 Å². The third-order valence-corrected chi connectivity index (χ3v) is 4.22. The quantitative estimate of drug-likeness (QED) is 0.259. The molecule has 0 aliphatic carbocycles. The summed E-state index contributed by atoms with van der Waals surface area (Å²) < 4.78 is 98.3. The smallest absolute Gasteiger partial charge is 0.475 e. The number of benzene rings is 1. The lowest BCUT2D eigenvalue weighted by Crippen LogP contribution is -2.24. The number of carbonyl (C=O) groups is 5. The number of nitrogens with one attached hydrogen (secondary N) is 1. The molecular weight excluding hydrogens is 635 g/mol. The molecule has 0 radical (unpaired) electrons. The van der Waals surface area contributed by atoms with E-state index in [4.69, 9.17) is 35.4 Å². The Kier molecular flexibility index (Phi) is 13.3. The van der Waals surface area contributed by atoms with Crippen molar-refractivity contribution in [3.05, 3.63) is 47.5 Å². The topological polar surface area (TPSA) is 220 Å². The van der Waals surface area contributed by atoms with E-state index in [9.17, 15) is 49.1 Å². The van der Waals surface area contributed by atoms with Gasteiger partial charge in [-0.05, 0) is 38.1 Å². The third kappa shape index (κ3) is 12.6. The number of carbonyl (C=O) groups excluding carboxylic acids is 2. The van der Waals surface area contributed by atoms with Crippen molar-refractivity contribution in [1.29, 1.82) is 0 Å². The highest BCUT2D eigenvalue weighted by atomic mass is 19.4. The van der Waals surface area contributed by atoms with Gasteiger partial charge in [0.05, 0.1) is 16.7 Å². The van der Waals surface area contributed by atoms with Gasteiger partial charge in [0.2, 0.25) is 5.91 Å². The van der Waals surface area contributed by atoms with Crippen LogP contribution < -0.4 is 11.2 Å². The van der Waals surface area contributed by atoms with Crippen molar-refractivity contribution in [2.45, 2.75) is 38.9 Å². The Balaban J connectivity index is 0.000000721. The Morgan fingerprint density at radius 1 is 0.841 bits per heavy atom. The molecule has 3 rings (SSSR count). The van der Waals surface area contributed by atoms with Gasteiger partial charge >= 0.3 is 36.4 Å². The molecule has 2 amide bonds. The highest BCUT2D eigenvalue weighted by Crippen LogP contribution is 2.16. The lowest BCUT2D eigenvalue weighted by atomic mass is 10.2. The van der Waals surface area contributed by atoms with E-state index in [1.54, 1.807) is 28.9 Å². The molecule has 0 saturated carbocycles. The Morgan fingerprint density at radius 2 is 1.27 bits per heavy atom. The maximum atomic E-state index is 12.4. The average molecular weight is 654 g/mol. The summed E-state index contributed by atoms with van der Waals surface area (Å²) in [4.78, 5) is 54.5. The van der Waals surface area contributed by atoms with Crippen molar-refractivity contribution < 1.29 is 78.8 Å². The van der Waals surface area contributed by atoms with Gasteiger partial charge in [0.1, 0.15) is 12.0 Å². The minimum absolute atomic E-state index is 0.286. The van der Waals surface area contributed by atoms with Crippen molar-refractivity contribution in [3.8, 4) is 0 Å². The number of rotatable bonds is 4. The molecule has 14 nitrogen and oxygen atoms in total. The van der Waals surface area contributed by atoms with Gasteiger partial charge in [-0.1, -0.05) is 0 Å². The second kappa shape index (κ2) is 15.2. The molecule has 2 aromatic heterocycles. The van der Waals surface area contributed by atoms with Crippen LogP contribution >= 0.6 is 0 Å².